The van der Waals surface area contributed by atoms with Crippen molar-refractivity contribution in [1.82, 2.24) is 10.2 Å². The molecule has 0 aliphatic rings. The van der Waals surface area contributed by atoms with E-state index in [2.05, 4.69) is 32.4 Å². The average Bonchev–Trinajstić information content (AvgIpc) is 2.45. The second-order valence-corrected chi connectivity index (χ2v) is 6.44. The lowest BCUT2D eigenvalue weighted by Crippen LogP contribution is -2.12. The van der Waals surface area contributed by atoms with E-state index in [1.54, 1.807) is 12.1 Å². The van der Waals surface area contributed by atoms with Crippen LogP contribution in [0.4, 0.5) is 11.6 Å². The normalized spacial score (nSPS) is 11.1. The lowest BCUT2D eigenvalue weighted by molar-refractivity contribution is 0.606. The standard InChI is InChI=1S/C14H18N4O2S/c1-21(19,20)18-14-10-9-13(16-17-14)15-11-5-8-12-6-3-2-4-7-12/h2-4,6-7,9-10H,5,8,11H2,1H3,(H,15,16)(H,17,18). The molecule has 0 unspecified atom stereocenters. The molecule has 21 heavy (non-hydrogen) atoms. The van der Waals surface area contributed by atoms with Gasteiger partial charge >= 0.3 is 0 Å². The summed E-state index contributed by atoms with van der Waals surface area (Å²) in [5.74, 6) is 0.842. The van der Waals surface area contributed by atoms with Gasteiger partial charge in [0.05, 0.1) is 6.26 Å². The van der Waals surface area contributed by atoms with Gasteiger partial charge in [-0.25, -0.2) is 8.42 Å². The Labute approximate surface area is 124 Å². The first-order valence-electron chi connectivity index (χ1n) is 6.62. The van der Waals surface area contributed by atoms with Gasteiger partial charge in [-0.15, -0.1) is 10.2 Å². The maximum Gasteiger partial charge on any atom is 0.231 e. The van der Waals surface area contributed by atoms with E-state index in [1.807, 2.05) is 18.2 Å². The number of nitrogens with one attached hydrogen (secondary N) is 2. The largest absolute Gasteiger partial charge is 0.369 e. The van der Waals surface area contributed by atoms with Gasteiger partial charge in [-0.1, -0.05) is 30.3 Å². The summed E-state index contributed by atoms with van der Waals surface area (Å²) >= 11 is 0. The fourth-order valence-corrected chi connectivity index (χ4v) is 2.31. The molecule has 0 amide bonds. The molecule has 0 saturated carbocycles. The van der Waals surface area contributed by atoms with E-state index in [1.165, 1.54) is 5.56 Å². The number of aryl methyl sites for hydroxylation is 1. The molecule has 2 rings (SSSR count). The van der Waals surface area contributed by atoms with E-state index in [4.69, 9.17) is 0 Å². The maximum absolute atomic E-state index is 11.0. The molecule has 0 aliphatic carbocycles. The van der Waals surface area contributed by atoms with Gasteiger partial charge < -0.3 is 5.32 Å². The van der Waals surface area contributed by atoms with Crippen LogP contribution in [0.1, 0.15) is 12.0 Å². The van der Waals surface area contributed by atoms with Crippen LogP contribution < -0.4 is 10.0 Å². The third kappa shape index (κ3) is 5.78. The van der Waals surface area contributed by atoms with Gasteiger partial charge in [-0.3, -0.25) is 4.72 Å². The predicted molar refractivity (Wildman–Crippen MR) is 83.8 cm³/mol. The van der Waals surface area contributed by atoms with Crippen LogP contribution in [-0.4, -0.2) is 31.4 Å². The Morgan fingerprint density at radius 3 is 2.29 bits per heavy atom. The summed E-state index contributed by atoms with van der Waals surface area (Å²) in [6, 6.07) is 13.5. The third-order valence-electron chi connectivity index (χ3n) is 2.75. The molecule has 6 nitrogen and oxygen atoms in total. The van der Waals surface area contributed by atoms with Crippen LogP contribution in [0.25, 0.3) is 0 Å². The number of rotatable bonds is 7. The highest BCUT2D eigenvalue weighted by molar-refractivity contribution is 7.92. The fraction of sp³-hybridized carbons (Fsp3) is 0.286. The first-order chi connectivity index (χ1) is 10.0. The third-order valence-corrected chi connectivity index (χ3v) is 3.33. The van der Waals surface area contributed by atoms with Gasteiger partial charge in [0.1, 0.15) is 5.82 Å². The number of benzene rings is 1. The number of nitrogens with zero attached hydrogens (tertiary/aromatic N) is 2. The molecular weight excluding hydrogens is 288 g/mol. The van der Waals surface area contributed by atoms with Crippen LogP contribution in [0.15, 0.2) is 42.5 Å². The van der Waals surface area contributed by atoms with Crippen molar-refractivity contribution >= 4 is 21.7 Å². The smallest absolute Gasteiger partial charge is 0.231 e. The van der Waals surface area contributed by atoms with Crippen molar-refractivity contribution in [2.75, 3.05) is 22.8 Å². The molecule has 1 heterocycles. The summed E-state index contributed by atoms with van der Waals surface area (Å²) in [6.07, 6.45) is 3.05. The van der Waals surface area contributed by atoms with Crippen molar-refractivity contribution in [3.05, 3.63) is 48.0 Å². The first kappa shape index (κ1) is 15.2. The minimum absolute atomic E-state index is 0.215. The molecule has 0 atom stereocenters. The lowest BCUT2D eigenvalue weighted by Gasteiger charge is -2.06. The number of hydrogen-bond acceptors (Lipinski definition) is 5. The quantitative estimate of drug-likeness (QED) is 0.763. The van der Waals surface area contributed by atoms with Crippen LogP contribution in [0.3, 0.4) is 0 Å². The van der Waals surface area contributed by atoms with Gasteiger partial charge in [0.15, 0.2) is 5.82 Å². The lowest BCUT2D eigenvalue weighted by atomic mass is 10.1. The Kier molecular flexibility index (Phi) is 5.10. The molecule has 112 valence electrons. The molecule has 0 spiro atoms. The second kappa shape index (κ2) is 7.03. The summed E-state index contributed by atoms with van der Waals surface area (Å²) in [4.78, 5) is 0. The Morgan fingerprint density at radius 1 is 1.00 bits per heavy atom. The minimum atomic E-state index is -3.31. The number of hydrogen-bond donors (Lipinski definition) is 2. The summed E-state index contributed by atoms with van der Waals surface area (Å²) in [6.45, 7) is 0.780. The highest BCUT2D eigenvalue weighted by Gasteiger charge is 2.03. The zero-order valence-corrected chi connectivity index (χ0v) is 12.6. The van der Waals surface area contributed by atoms with Crippen molar-refractivity contribution in [3.8, 4) is 0 Å². The van der Waals surface area contributed by atoms with E-state index in [0.29, 0.717) is 5.82 Å². The Balaban J connectivity index is 1.76. The van der Waals surface area contributed by atoms with E-state index in [-0.39, 0.29) is 5.82 Å². The van der Waals surface area contributed by atoms with Crippen LogP contribution in [-0.2, 0) is 16.4 Å². The maximum atomic E-state index is 11.0. The van der Waals surface area contributed by atoms with Crippen molar-refractivity contribution in [1.29, 1.82) is 0 Å². The monoisotopic (exact) mass is 306 g/mol. The van der Waals surface area contributed by atoms with Gasteiger partial charge in [0.25, 0.3) is 0 Å². The molecule has 7 heteroatoms. The summed E-state index contributed by atoms with van der Waals surface area (Å²) < 4.78 is 24.3. The zero-order chi connectivity index (χ0) is 15.1. The van der Waals surface area contributed by atoms with Crippen LogP contribution in [0.5, 0.6) is 0 Å². The van der Waals surface area contributed by atoms with Crippen molar-refractivity contribution in [3.63, 3.8) is 0 Å². The first-order valence-corrected chi connectivity index (χ1v) is 8.51. The van der Waals surface area contributed by atoms with Gasteiger partial charge in [0, 0.05) is 6.54 Å². The molecule has 0 bridgehead atoms. The minimum Gasteiger partial charge on any atom is -0.369 e. The van der Waals surface area contributed by atoms with Crippen LogP contribution >= 0.6 is 0 Å². The number of anilines is 2. The number of aromatic nitrogens is 2. The molecular formula is C14H18N4O2S. The van der Waals surface area contributed by atoms with Crippen molar-refractivity contribution < 1.29 is 8.42 Å². The number of sulfonamides is 1. The molecule has 0 aliphatic heterocycles. The summed E-state index contributed by atoms with van der Waals surface area (Å²) in [5, 5.41) is 10.9. The molecule has 2 N–H and O–H groups in total. The highest BCUT2D eigenvalue weighted by atomic mass is 32.2. The van der Waals surface area contributed by atoms with E-state index in [0.717, 1.165) is 25.6 Å². The van der Waals surface area contributed by atoms with Crippen LogP contribution in [0.2, 0.25) is 0 Å². The van der Waals surface area contributed by atoms with Gasteiger partial charge in [-0.05, 0) is 30.5 Å². The Bertz CT molecular complexity index is 657. The van der Waals surface area contributed by atoms with Crippen LogP contribution in [0, 0.1) is 0 Å². The van der Waals surface area contributed by atoms with E-state index in [9.17, 15) is 8.42 Å². The molecule has 0 radical (unpaired) electrons. The molecule has 0 saturated heterocycles. The molecule has 1 aromatic heterocycles. The molecule has 0 fully saturated rings. The zero-order valence-electron chi connectivity index (χ0n) is 11.8. The van der Waals surface area contributed by atoms with E-state index < -0.39 is 10.0 Å². The van der Waals surface area contributed by atoms with Crippen molar-refractivity contribution in [2.45, 2.75) is 12.8 Å². The van der Waals surface area contributed by atoms with Gasteiger partial charge in [-0.2, -0.15) is 0 Å². The highest BCUT2D eigenvalue weighted by Crippen LogP contribution is 2.08. The topological polar surface area (TPSA) is 84.0 Å². The SMILES string of the molecule is CS(=O)(=O)Nc1ccc(NCCCc2ccccc2)nn1. The fourth-order valence-electron chi connectivity index (χ4n) is 1.82. The second-order valence-electron chi connectivity index (χ2n) is 4.69. The Hall–Kier alpha value is -2.15. The predicted octanol–water partition coefficient (Wildman–Crippen LogP) is 1.89. The van der Waals surface area contributed by atoms with Crippen molar-refractivity contribution in [2.24, 2.45) is 0 Å². The Morgan fingerprint density at radius 2 is 1.67 bits per heavy atom. The van der Waals surface area contributed by atoms with E-state index >= 15 is 0 Å². The molecule has 2 aromatic rings. The molecule has 1 aromatic carbocycles. The van der Waals surface area contributed by atoms with Gasteiger partial charge in [0.2, 0.25) is 10.0 Å². The summed E-state index contributed by atoms with van der Waals surface area (Å²) in [5.41, 5.74) is 1.30. The average molecular weight is 306 g/mol. The summed E-state index contributed by atoms with van der Waals surface area (Å²) in [7, 11) is -3.31.